The fourth-order valence-corrected chi connectivity index (χ4v) is 3.30. The molecular weight excluding hydrogens is 411 g/mol. The van der Waals surface area contributed by atoms with E-state index in [1.807, 2.05) is 0 Å². The van der Waals surface area contributed by atoms with Crippen molar-refractivity contribution in [3.63, 3.8) is 0 Å². The van der Waals surface area contributed by atoms with E-state index in [0.717, 1.165) is 11.8 Å². The van der Waals surface area contributed by atoms with Gasteiger partial charge in [-0.25, -0.2) is 0 Å². The first kappa shape index (κ1) is 19.1. The fourth-order valence-electron chi connectivity index (χ4n) is 2.07. The lowest BCUT2D eigenvalue weighted by atomic mass is 10.2. The summed E-state index contributed by atoms with van der Waals surface area (Å²) in [6.45, 7) is 0. The number of nitrogens with one attached hydrogen (secondary N) is 1. The van der Waals surface area contributed by atoms with E-state index < -0.39 is 4.92 Å². The number of halogens is 2. The monoisotopic (exact) mass is 420 g/mol. The Labute approximate surface area is 167 Å². The van der Waals surface area contributed by atoms with Crippen LogP contribution in [0.3, 0.4) is 0 Å². The van der Waals surface area contributed by atoms with Gasteiger partial charge in [0.15, 0.2) is 5.17 Å². The van der Waals surface area contributed by atoms with Gasteiger partial charge in [-0.05, 0) is 47.7 Å². The van der Waals surface area contributed by atoms with Crippen LogP contribution in [0.1, 0.15) is 11.1 Å². The Morgan fingerprint density at radius 1 is 1.15 bits per heavy atom. The molecule has 7 nitrogen and oxygen atoms in total. The molecule has 1 N–H and O–H groups in total. The lowest BCUT2D eigenvalue weighted by molar-refractivity contribution is -0.384. The van der Waals surface area contributed by atoms with Gasteiger partial charge in [0.1, 0.15) is 0 Å². The highest BCUT2D eigenvalue weighted by Crippen LogP contribution is 2.26. The Morgan fingerprint density at radius 2 is 1.89 bits per heavy atom. The third-order valence-corrected chi connectivity index (χ3v) is 4.82. The minimum Gasteiger partial charge on any atom is -0.299 e. The maximum atomic E-state index is 12.0. The average molecular weight is 421 g/mol. The Morgan fingerprint density at radius 3 is 2.56 bits per heavy atom. The largest absolute Gasteiger partial charge is 0.299 e. The summed E-state index contributed by atoms with van der Waals surface area (Å²) in [4.78, 5) is 22.6. The standard InChI is InChI=1S/C17H10Cl2N4O3S/c18-12-4-3-11(14(19)8-12)9-20-22-17-21-16(24)15(27-17)7-10-1-5-13(6-2-10)23(25)26/h1-9H,(H,21,22,24). The van der Waals surface area contributed by atoms with Crippen molar-refractivity contribution in [3.8, 4) is 0 Å². The summed E-state index contributed by atoms with van der Waals surface area (Å²) in [5.74, 6) is -0.322. The number of rotatable bonds is 4. The lowest BCUT2D eigenvalue weighted by Gasteiger charge is -1.96. The van der Waals surface area contributed by atoms with Crippen molar-refractivity contribution >= 4 is 64.0 Å². The maximum absolute atomic E-state index is 12.0. The van der Waals surface area contributed by atoms with E-state index in [1.54, 1.807) is 36.4 Å². The van der Waals surface area contributed by atoms with Crippen LogP contribution in [0, 0.1) is 10.1 Å². The molecule has 0 aromatic heterocycles. The van der Waals surface area contributed by atoms with Gasteiger partial charge in [-0.2, -0.15) is 5.10 Å². The summed E-state index contributed by atoms with van der Waals surface area (Å²) in [5.41, 5.74) is 1.29. The molecule has 2 aromatic carbocycles. The quantitative estimate of drug-likeness (QED) is 0.340. The second-order valence-electron chi connectivity index (χ2n) is 5.23. The number of carbonyl (C=O) groups excluding carboxylic acids is 1. The number of amides is 1. The first-order chi connectivity index (χ1) is 12.9. The third-order valence-electron chi connectivity index (χ3n) is 3.36. The molecule has 27 heavy (non-hydrogen) atoms. The summed E-state index contributed by atoms with van der Waals surface area (Å²) in [6.07, 6.45) is 3.07. The van der Waals surface area contributed by atoms with Gasteiger partial charge < -0.3 is 0 Å². The predicted molar refractivity (Wildman–Crippen MR) is 108 cm³/mol. The molecular formula is C17H10Cl2N4O3S. The van der Waals surface area contributed by atoms with Gasteiger partial charge in [0.2, 0.25) is 0 Å². The Hall–Kier alpha value is -2.68. The van der Waals surface area contributed by atoms with Gasteiger partial charge in [0, 0.05) is 22.7 Å². The van der Waals surface area contributed by atoms with Crippen molar-refractivity contribution in [2.75, 3.05) is 0 Å². The molecule has 3 rings (SSSR count). The van der Waals surface area contributed by atoms with Gasteiger partial charge in [-0.3, -0.25) is 20.2 Å². The highest BCUT2D eigenvalue weighted by Gasteiger charge is 2.23. The first-order valence-corrected chi connectivity index (χ1v) is 9.01. The number of thioether (sulfide) groups is 1. The number of nitro benzene ring substituents is 1. The highest BCUT2D eigenvalue weighted by atomic mass is 35.5. The van der Waals surface area contributed by atoms with Crippen LogP contribution < -0.4 is 5.32 Å². The summed E-state index contributed by atoms with van der Waals surface area (Å²) in [5, 5.41) is 22.4. The van der Waals surface area contributed by atoms with Crippen molar-refractivity contribution in [1.29, 1.82) is 0 Å². The van der Waals surface area contributed by atoms with Gasteiger partial charge >= 0.3 is 0 Å². The number of hydrogen-bond acceptors (Lipinski definition) is 6. The molecule has 1 fully saturated rings. The number of benzene rings is 2. The molecule has 0 bridgehead atoms. The highest BCUT2D eigenvalue weighted by molar-refractivity contribution is 8.18. The van der Waals surface area contributed by atoms with E-state index in [9.17, 15) is 14.9 Å². The van der Waals surface area contributed by atoms with E-state index >= 15 is 0 Å². The van der Waals surface area contributed by atoms with Crippen LogP contribution in [0.15, 0.2) is 57.6 Å². The second kappa shape index (κ2) is 8.34. The van der Waals surface area contributed by atoms with Crippen LogP contribution in [-0.4, -0.2) is 22.2 Å². The van der Waals surface area contributed by atoms with Gasteiger partial charge in [-0.15, -0.1) is 5.10 Å². The van der Waals surface area contributed by atoms with E-state index in [0.29, 0.717) is 31.2 Å². The van der Waals surface area contributed by atoms with Gasteiger partial charge in [-0.1, -0.05) is 29.3 Å². The van der Waals surface area contributed by atoms with Crippen molar-refractivity contribution in [2.24, 2.45) is 10.2 Å². The van der Waals surface area contributed by atoms with Crippen LogP contribution in [0.4, 0.5) is 5.69 Å². The van der Waals surface area contributed by atoms with Crippen molar-refractivity contribution in [3.05, 3.63) is 78.7 Å². The Bertz CT molecular complexity index is 1000. The fraction of sp³-hybridized carbons (Fsp3) is 0. The minimum atomic E-state index is -0.482. The molecule has 1 saturated heterocycles. The van der Waals surface area contributed by atoms with E-state index in [1.165, 1.54) is 18.3 Å². The molecule has 0 radical (unpaired) electrons. The molecule has 2 aromatic rings. The van der Waals surface area contributed by atoms with E-state index in [-0.39, 0.29) is 11.6 Å². The van der Waals surface area contributed by atoms with Gasteiger partial charge in [0.25, 0.3) is 11.6 Å². The SMILES string of the molecule is O=C1N/C(=N/N=Cc2ccc(Cl)cc2Cl)SC1=Cc1ccc([N+](=O)[O-])cc1. The van der Waals surface area contributed by atoms with Crippen LogP contribution in [0.5, 0.6) is 0 Å². The summed E-state index contributed by atoms with van der Waals surface area (Å²) in [7, 11) is 0. The Balaban J connectivity index is 1.71. The first-order valence-electron chi connectivity index (χ1n) is 7.44. The van der Waals surface area contributed by atoms with Crippen LogP contribution >= 0.6 is 35.0 Å². The van der Waals surface area contributed by atoms with Crippen molar-refractivity contribution in [2.45, 2.75) is 0 Å². The van der Waals surface area contributed by atoms with E-state index in [2.05, 4.69) is 15.5 Å². The van der Waals surface area contributed by atoms with Crippen LogP contribution in [-0.2, 0) is 4.79 Å². The van der Waals surface area contributed by atoms with Crippen molar-refractivity contribution in [1.82, 2.24) is 5.32 Å². The van der Waals surface area contributed by atoms with Gasteiger partial charge in [0.05, 0.1) is 21.1 Å². The molecule has 0 atom stereocenters. The van der Waals surface area contributed by atoms with Crippen molar-refractivity contribution < 1.29 is 9.72 Å². The number of non-ortho nitro benzene ring substituents is 1. The molecule has 1 amide bonds. The molecule has 0 aliphatic carbocycles. The number of amidine groups is 1. The third kappa shape index (κ3) is 4.94. The molecule has 0 unspecified atom stereocenters. The Kier molecular flexibility index (Phi) is 5.90. The number of carbonyl (C=O) groups is 1. The zero-order chi connectivity index (χ0) is 19.4. The molecule has 1 aliphatic heterocycles. The topological polar surface area (TPSA) is 97.0 Å². The lowest BCUT2D eigenvalue weighted by Crippen LogP contribution is -2.19. The van der Waals surface area contributed by atoms with Crippen LogP contribution in [0.2, 0.25) is 10.0 Å². The summed E-state index contributed by atoms with van der Waals surface area (Å²) in [6, 6.07) is 10.9. The zero-order valence-electron chi connectivity index (χ0n) is 13.4. The maximum Gasteiger partial charge on any atom is 0.269 e. The normalized spacial score (nSPS) is 17.0. The molecule has 0 saturated carbocycles. The average Bonchev–Trinajstić information content (AvgIpc) is 2.97. The molecule has 1 heterocycles. The number of nitrogens with zero attached hydrogens (tertiary/aromatic N) is 3. The minimum absolute atomic E-state index is 0.0156. The molecule has 0 spiro atoms. The van der Waals surface area contributed by atoms with E-state index in [4.69, 9.17) is 23.2 Å². The summed E-state index contributed by atoms with van der Waals surface area (Å²) >= 11 is 13.0. The molecule has 10 heteroatoms. The smallest absolute Gasteiger partial charge is 0.269 e. The number of nitro groups is 1. The molecule has 136 valence electrons. The number of hydrogen-bond donors (Lipinski definition) is 1. The van der Waals surface area contributed by atoms with Crippen LogP contribution in [0.25, 0.3) is 6.08 Å². The summed E-state index contributed by atoms with van der Waals surface area (Å²) < 4.78 is 0. The second-order valence-corrected chi connectivity index (χ2v) is 7.10. The predicted octanol–water partition coefficient (Wildman–Crippen LogP) is 4.50. The molecule has 1 aliphatic rings. The zero-order valence-corrected chi connectivity index (χ0v) is 15.8.